The Balaban J connectivity index is 1.32. The van der Waals surface area contributed by atoms with Gasteiger partial charge >= 0.3 is 5.97 Å². The van der Waals surface area contributed by atoms with Crippen LogP contribution in [-0.2, 0) is 6.42 Å². The number of benzene rings is 2. The van der Waals surface area contributed by atoms with E-state index in [0.29, 0.717) is 11.3 Å². The molecular formula is C29H40O3. The van der Waals surface area contributed by atoms with Crippen molar-refractivity contribution in [3.05, 3.63) is 59.7 Å². The van der Waals surface area contributed by atoms with Gasteiger partial charge in [0.05, 0.1) is 12.2 Å². The molecule has 1 saturated carbocycles. The standard InChI is InChI=1S/C29H40O3/c1-3-5-6-8-24-10-12-25(13-11-24)9-7-22-31-27-20-16-26(17-21-27)29(30)32-28-18-14-23(4-2)15-19-28/h14-21,24-25H,3-13,22H2,1-2H3/t24-,25-. The van der Waals surface area contributed by atoms with Crippen molar-refractivity contribution < 1.29 is 14.3 Å². The van der Waals surface area contributed by atoms with Crippen molar-refractivity contribution in [2.45, 2.75) is 84.5 Å². The van der Waals surface area contributed by atoms with E-state index in [1.54, 1.807) is 12.1 Å². The number of esters is 1. The molecule has 0 amide bonds. The van der Waals surface area contributed by atoms with Crippen LogP contribution in [0, 0.1) is 11.8 Å². The molecule has 3 heteroatoms. The number of ether oxygens (including phenoxy) is 2. The van der Waals surface area contributed by atoms with Gasteiger partial charge in [0, 0.05) is 0 Å². The lowest BCUT2D eigenvalue weighted by Crippen LogP contribution is -2.15. The van der Waals surface area contributed by atoms with Gasteiger partial charge in [-0.05, 0) is 73.1 Å². The Labute approximate surface area is 194 Å². The number of aryl methyl sites for hydroxylation is 1. The molecule has 1 aliphatic carbocycles. The smallest absolute Gasteiger partial charge is 0.343 e. The summed E-state index contributed by atoms with van der Waals surface area (Å²) in [5.41, 5.74) is 1.76. The minimum Gasteiger partial charge on any atom is -0.494 e. The van der Waals surface area contributed by atoms with Crippen molar-refractivity contribution in [2.24, 2.45) is 11.8 Å². The first-order valence-corrected chi connectivity index (χ1v) is 12.7. The summed E-state index contributed by atoms with van der Waals surface area (Å²) in [6, 6.07) is 14.9. The molecule has 0 unspecified atom stereocenters. The maximum Gasteiger partial charge on any atom is 0.343 e. The van der Waals surface area contributed by atoms with E-state index in [9.17, 15) is 4.79 Å². The van der Waals surface area contributed by atoms with Crippen LogP contribution < -0.4 is 9.47 Å². The lowest BCUT2D eigenvalue weighted by Gasteiger charge is -2.28. The van der Waals surface area contributed by atoms with Gasteiger partial charge < -0.3 is 9.47 Å². The molecule has 0 saturated heterocycles. The number of unbranched alkanes of at least 4 members (excludes halogenated alkanes) is 2. The third-order valence-electron chi connectivity index (χ3n) is 6.84. The number of hydrogen-bond acceptors (Lipinski definition) is 3. The van der Waals surface area contributed by atoms with E-state index in [0.717, 1.165) is 37.0 Å². The molecule has 0 heterocycles. The molecule has 0 aliphatic heterocycles. The fraction of sp³-hybridized carbons (Fsp3) is 0.552. The fourth-order valence-corrected chi connectivity index (χ4v) is 4.70. The van der Waals surface area contributed by atoms with Gasteiger partial charge in [0.15, 0.2) is 0 Å². The monoisotopic (exact) mass is 436 g/mol. The highest BCUT2D eigenvalue weighted by Gasteiger charge is 2.20. The predicted molar refractivity (Wildman–Crippen MR) is 132 cm³/mol. The summed E-state index contributed by atoms with van der Waals surface area (Å²) in [4.78, 5) is 12.3. The summed E-state index contributed by atoms with van der Waals surface area (Å²) >= 11 is 0. The molecule has 0 bridgehead atoms. The van der Waals surface area contributed by atoms with Crippen molar-refractivity contribution in [1.82, 2.24) is 0 Å². The molecule has 3 nitrogen and oxygen atoms in total. The third-order valence-corrected chi connectivity index (χ3v) is 6.84. The molecule has 1 fully saturated rings. The minimum absolute atomic E-state index is 0.342. The highest BCUT2D eigenvalue weighted by molar-refractivity contribution is 5.91. The molecule has 0 radical (unpaired) electrons. The Kier molecular flexibility index (Phi) is 10.1. The molecule has 174 valence electrons. The summed E-state index contributed by atoms with van der Waals surface area (Å²) in [5.74, 6) is 2.90. The average molecular weight is 437 g/mol. The predicted octanol–water partition coefficient (Wildman–Crippen LogP) is 8.01. The van der Waals surface area contributed by atoms with E-state index >= 15 is 0 Å². The molecule has 0 aromatic heterocycles. The highest BCUT2D eigenvalue weighted by Crippen LogP contribution is 2.34. The Morgan fingerprint density at radius 2 is 1.38 bits per heavy atom. The minimum atomic E-state index is -0.342. The van der Waals surface area contributed by atoms with Crippen LogP contribution >= 0.6 is 0 Å². The largest absolute Gasteiger partial charge is 0.494 e. The summed E-state index contributed by atoms with van der Waals surface area (Å²) in [7, 11) is 0. The molecule has 0 spiro atoms. The number of hydrogen-bond donors (Lipinski definition) is 0. The van der Waals surface area contributed by atoms with E-state index in [1.165, 1.54) is 63.4 Å². The van der Waals surface area contributed by atoms with Crippen LogP contribution in [0.25, 0.3) is 0 Å². The number of rotatable bonds is 12. The van der Waals surface area contributed by atoms with Crippen molar-refractivity contribution in [1.29, 1.82) is 0 Å². The fourth-order valence-electron chi connectivity index (χ4n) is 4.70. The first-order chi connectivity index (χ1) is 15.7. The molecule has 1 aliphatic rings. The first kappa shape index (κ1) is 24.4. The zero-order valence-corrected chi connectivity index (χ0v) is 20.0. The Hall–Kier alpha value is -2.29. The Bertz CT molecular complexity index is 786. The van der Waals surface area contributed by atoms with E-state index in [4.69, 9.17) is 9.47 Å². The van der Waals surface area contributed by atoms with Crippen LogP contribution in [0.1, 0.15) is 94.0 Å². The molecule has 32 heavy (non-hydrogen) atoms. The van der Waals surface area contributed by atoms with Gasteiger partial charge in [-0.3, -0.25) is 0 Å². The zero-order valence-electron chi connectivity index (χ0n) is 20.0. The van der Waals surface area contributed by atoms with Crippen LogP contribution in [0.2, 0.25) is 0 Å². The highest BCUT2D eigenvalue weighted by atomic mass is 16.5. The lowest BCUT2D eigenvalue weighted by molar-refractivity contribution is 0.0734. The van der Waals surface area contributed by atoms with Crippen LogP contribution in [-0.4, -0.2) is 12.6 Å². The molecule has 2 aromatic carbocycles. The van der Waals surface area contributed by atoms with E-state index in [2.05, 4.69) is 13.8 Å². The lowest BCUT2D eigenvalue weighted by atomic mass is 9.78. The van der Waals surface area contributed by atoms with E-state index in [1.807, 2.05) is 36.4 Å². The maximum atomic E-state index is 12.3. The second-order valence-electron chi connectivity index (χ2n) is 9.28. The average Bonchev–Trinajstić information content (AvgIpc) is 2.84. The summed E-state index contributed by atoms with van der Waals surface area (Å²) < 4.78 is 11.4. The van der Waals surface area contributed by atoms with Crippen LogP contribution in [0.5, 0.6) is 11.5 Å². The summed E-state index contributed by atoms with van der Waals surface area (Å²) in [6.07, 6.45) is 14.6. The van der Waals surface area contributed by atoms with Crippen molar-refractivity contribution in [3.8, 4) is 11.5 Å². The molecule has 0 atom stereocenters. The molecule has 2 aromatic rings. The van der Waals surface area contributed by atoms with Gasteiger partial charge in [-0.25, -0.2) is 4.79 Å². The van der Waals surface area contributed by atoms with E-state index in [-0.39, 0.29) is 5.97 Å². The summed E-state index contributed by atoms with van der Waals surface area (Å²) in [6.45, 7) is 5.13. The second-order valence-corrected chi connectivity index (χ2v) is 9.28. The maximum absolute atomic E-state index is 12.3. The molecular weight excluding hydrogens is 396 g/mol. The van der Waals surface area contributed by atoms with Crippen LogP contribution in [0.15, 0.2) is 48.5 Å². The Morgan fingerprint density at radius 1 is 0.781 bits per heavy atom. The third kappa shape index (κ3) is 8.00. The van der Waals surface area contributed by atoms with Gasteiger partial charge in [0.1, 0.15) is 11.5 Å². The van der Waals surface area contributed by atoms with Gasteiger partial charge in [0.25, 0.3) is 0 Å². The van der Waals surface area contributed by atoms with Gasteiger partial charge in [0.2, 0.25) is 0 Å². The molecule has 3 rings (SSSR count). The number of carbonyl (C=O) groups is 1. The van der Waals surface area contributed by atoms with Gasteiger partial charge in [-0.1, -0.05) is 77.3 Å². The van der Waals surface area contributed by atoms with Crippen molar-refractivity contribution in [3.63, 3.8) is 0 Å². The van der Waals surface area contributed by atoms with Gasteiger partial charge in [-0.15, -0.1) is 0 Å². The van der Waals surface area contributed by atoms with Crippen LogP contribution in [0.4, 0.5) is 0 Å². The van der Waals surface area contributed by atoms with Crippen molar-refractivity contribution >= 4 is 5.97 Å². The first-order valence-electron chi connectivity index (χ1n) is 12.7. The topological polar surface area (TPSA) is 35.5 Å². The van der Waals surface area contributed by atoms with Crippen LogP contribution in [0.3, 0.4) is 0 Å². The van der Waals surface area contributed by atoms with Gasteiger partial charge in [-0.2, -0.15) is 0 Å². The quantitative estimate of drug-likeness (QED) is 0.192. The normalized spacial score (nSPS) is 18.3. The number of carbonyl (C=O) groups excluding carboxylic acids is 1. The second kappa shape index (κ2) is 13.3. The van der Waals surface area contributed by atoms with E-state index < -0.39 is 0 Å². The summed E-state index contributed by atoms with van der Waals surface area (Å²) in [5, 5.41) is 0. The SMILES string of the molecule is CCCCC[C@H]1CC[C@H](CCCOc2ccc(C(=O)Oc3ccc(CC)cc3)cc2)CC1. The van der Waals surface area contributed by atoms with Crippen molar-refractivity contribution in [2.75, 3.05) is 6.61 Å². The zero-order chi connectivity index (χ0) is 22.6. The Morgan fingerprint density at radius 3 is 1.97 bits per heavy atom. The molecule has 0 N–H and O–H groups in total.